The molecule has 0 aromatic carbocycles. The van der Waals surface area contributed by atoms with Crippen LogP contribution in [0, 0.1) is 5.92 Å². The highest BCUT2D eigenvalue weighted by molar-refractivity contribution is 5.72. The Labute approximate surface area is 103 Å². The summed E-state index contributed by atoms with van der Waals surface area (Å²) < 4.78 is 89.8. The molecule has 9 heteroatoms. The van der Waals surface area contributed by atoms with Gasteiger partial charge in [0.25, 0.3) is 0 Å². The van der Waals surface area contributed by atoms with Crippen molar-refractivity contribution >= 4 is 5.97 Å². The van der Waals surface area contributed by atoms with Gasteiger partial charge in [0.1, 0.15) is 0 Å². The molecule has 0 bridgehead atoms. The molecule has 19 heavy (non-hydrogen) atoms. The molecule has 0 aromatic heterocycles. The molecule has 1 aliphatic carbocycles. The van der Waals surface area contributed by atoms with E-state index in [4.69, 9.17) is 0 Å². The smallest absolute Gasteiger partial charge is 0.459 e. The number of carbonyl (C=O) groups is 1. The van der Waals surface area contributed by atoms with Crippen LogP contribution < -0.4 is 0 Å². The molecule has 0 N–H and O–H groups in total. The van der Waals surface area contributed by atoms with E-state index >= 15 is 0 Å². The highest BCUT2D eigenvalue weighted by atomic mass is 19.4. The lowest BCUT2D eigenvalue weighted by Gasteiger charge is -2.27. The van der Waals surface area contributed by atoms with E-state index in [9.17, 15) is 35.5 Å². The molecule has 112 valence electrons. The topological polar surface area (TPSA) is 26.3 Å². The van der Waals surface area contributed by atoms with Crippen molar-refractivity contribution in [3.05, 3.63) is 0 Å². The zero-order valence-corrected chi connectivity index (χ0v) is 9.58. The fourth-order valence-corrected chi connectivity index (χ4v) is 1.74. The molecular weight excluding hydrogens is 285 g/mol. The minimum absolute atomic E-state index is 0.361. The Morgan fingerprint density at radius 3 is 1.89 bits per heavy atom. The minimum Gasteiger partial charge on any atom is -0.459 e. The SMILES string of the molecule is O=C(OCC(F)(F)C(F)(F)C(F)(F)F)C1CCCC1. The molecule has 1 rings (SSSR count). The van der Waals surface area contributed by atoms with Crippen LogP contribution in [0.15, 0.2) is 0 Å². The van der Waals surface area contributed by atoms with Gasteiger partial charge in [-0.15, -0.1) is 0 Å². The van der Waals surface area contributed by atoms with E-state index < -0.39 is 36.5 Å². The van der Waals surface area contributed by atoms with Crippen LogP contribution in [-0.2, 0) is 9.53 Å². The van der Waals surface area contributed by atoms with Gasteiger partial charge >= 0.3 is 24.0 Å². The molecule has 0 unspecified atom stereocenters. The molecule has 0 saturated heterocycles. The van der Waals surface area contributed by atoms with E-state index in [0.29, 0.717) is 25.7 Å². The molecular formula is C10H11F7O2. The van der Waals surface area contributed by atoms with E-state index in [2.05, 4.69) is 4.74 Å². The van der Waals surface area contributed by atoms with Gasteiger partial charge in [-0.25, -0.2) is 0 Å². The normalized spacial score (nSPS) is 18.7. The van der Waals surface area contributed by atoms with Gasteiger partial charge < -0.3 is 4.74 Å². The summed E-state index contributed by atoms with van der Waals surface area (Å²) in [6.07, 6.45) is -4.36. The Bertz CT molecular complexity index is 331. The fourth-order valence-electron chi connectivity index (χ4n) is 1.74. The van der Waals surface area contributed by atoms with Crippen LogP contribution >= 0.6 is 0 Å². The lowest BCUT2D eigenvalue weighted by molar-refractivity contribution is -0.360. The van der Waals surface area contributed by atoms with Crippen molar-refractivity contribution in [3.8, 4) is 0 Å². The van der Waals surface area contributed by atoms with Gasteiger partial charge in [0.05, 0.1) is 5.92 Å². The van der Waals surface area contributed by atoms with Crippen LogP contribution in [0.25, 0.3) is 0 Å². The van der Waals surface area contributed by atoms with Gasteiger partial charge in [0.15, 0.2) is 6.61 Å². The molecule has 0 aromatic rings. The summed E-state index contributed by atoms with van der Waals surface area (Å²) in [5, 5.41) is 0. The van der Waals surface area contributed by atoms with Gasteiger partial charge in [-0.2, -0.15) is 30.7 Å². The van der Waals surface area contributed by atoms with E-state index in [-0.39, 0.29) is 0 Å². The van der Waals surface area contributed by atoms with Crippen LogP contribution in [0.1, 0.15) is 25.7 Å². The third-order valence-corrected chi connectivity index (χ3v) is 2.90. The maximum absolute atomic E-state index is 12.8. The maximum Gasteiger partial charge on any atom is 0.460 e. The lowest BCUT2D eigenvalue weighted by atomic mass is 10.1. The Hall–Kier alpha value is -1.02. The van der Waals surface area contributed by atoms with Crippen LogP contribution in [0.5, 0.6) is 0 Å². The Morgan fingerprint density at radius 1 is 1.00 bits per heavy atom. The summed E-state index contributed by atoms with van der Waals surface area (Å²) in [6, 6.07) is 0. The first kappa shape index (κ1) is 16.0. The molecule has 0 radical (unpaired) electrons. The summed E-state index contributed by atoms with van der Waals surface area (Å²) in [5.74, 6) is -13.6. The highest BCUT2D eigenvalue weighted by Crippen LogP contribution is 2.46. The predicted octanol–water partition coefficient (Wildman–Crippen LogP) is 3.55. The Balaban J connectivity index is 2.61. The van der Waals surface area contributed by atoms with Gasteiger partial charge in [0.2, 0.25) is 0 Å². The molecule has 0 amide bonds. The van der Waals surface area contributed by atoms with Crippen molar-refractivity contribution in [1.29, 1.82) is 0 Å². The van der Waals surface area contributed by atoms with Crippen LogP contribution in [-0.4, -0.2) is 30.6 Å². The first-order valence-electron chi connectivity index (χ1n) is 5.48. The maximum atomic E-state index is 12.8. The quantitative estimate of drug-likeness (QED) is 0.586. The average molecular weight is 296 g/mol. The standard InChI is InChI=1S/C10H11F7O2/c11-8(12,9(13,14)10(15,16)17)5-19-7(18)6-3-1-2-4-6/h6H,1-5H2. The summed E-state index contributed by atoms with van der Waals surface area (Å²) >= 11 is 0. The third kappa shape index (κ3) is 3.30. The van der Waals surface area contributed by atoms with Crippen molar-refractivity contribution in [3.63, 3.8) is 0 Å². The summed E-state index contributed by atoms with van der Waals surface area (Å²) in [7, 11) is 0. The molecule has 0 heterocycles. The van der Waals surface area contributed by atoms with Gasteiger partial charge in [-0.05, 0) is 12.8 Å². The summed E-state index contributed by atoms with van der Waals surface area (Å²) in [5.41, 5.74) is 0. The summed E-state index contributed by atoms with van der Waals surface area (Å²) in [4.78, 5) is 11.2. The Kier molecular flexibility index (Phi) is 4.36. The van der Waals surface area contributed by atoms with Crippen LogP contribution in [0.2, 0.25) is 0 Å². The van der Waals surface area contributed by atoms with Crippen molar-refractivity contribution in [2.24, 2.45) is 5.92 Å². The molecule has 1 saturated carbocycles. The highest BCUT2D eigenvalue weighted by Gasteiger charge is 2.73. The molecule has 1 aliphatic rings. The zero-order valence-electron chi connectivity index (χ0n) is 9.58. The molecule has 0 spiro atoms. The largest absolute Gasteiger partial charge is 0.460 e. The molecule has 1 fully saturated rings. The van der Waals surface area contributed by atoms with Crippen molar-refractivity contribution in [2.45, 2.75) is 43.7 Å². The number of hydrogen-bond donors (Lipinski definition) is 0. The average Bonchev–Trinajstić information content (AvgIpc) is 2.77. The summed E-state index contributed by atoms with van der Waals surface area (Å²) in [6.45, 7) is -2.28. The molecule has 0 aliphatic heterocycles. The molecule has 2 nitrogen and oxygen atoms in total. The second kappa shape index (κ2) is 5.16. The predicted molar refractivity (Wildman–Crippen MR) is 48.9 cm³/mol. The number of alkyl halides is 7. The number of hydrogen-bond acceptors (Lipinski definition) is 2. The first-order valence-corrected chi connectivity index (χ1v) is 5.48. The second-order valence-electron chi connectivity index (χ2n) is 4.37. The van der Waals surface area contributed by atoms with E-state index in [0.717, 1.165) is 0 Å². The van der Waals surface area contributed by atoms with Gasteiger partial charge in [-0.1, -0.05) is 12.8 Å². The van der Waals surface area contributed by atoms with Crippen LogP contribution in [0.4, 0.5) is 30.7 Å². The van der Waals surface area contributed by atoms with Crippen molar-refractivity contribution < 1.29 is 40.3 Å². The van der Waals surface area contributed by atoms with E-state index in [1.807, 2.05) is 0 Å². The number of esters is 1. The minimum atomic E-state index is -6.41. The first-order chi connectivity index (χ1) is 8.49. The second-order valence-corrected chi connectivity index (χ2v) is 4.37. The fraction of sp³-hybridized carbons (Fsp3) is 0.900. The Morgan fingerprint density at radius 2 is 1.47 bits per heavy atom. The van der Waals surface area contributed by atoms with Crippen molar-refractivity contribution in [1.82, 2.24) is 0 Å². The lowest BCUT2D eigenvalue weighted by Crippen LogP contribution is -2.54. The number of ether oxygens (including phenoxy) is 1. The van der Waals surface area contributed by atoms with E-state index in [1.165, 1.54) is 0 Å². The van der Waals surface area contributed by atoms with Crippen molar-refractivity contribution in [2.75, 3.05) is 6.61 Å². The number of halogens is 7. The number of carbonyl (C=O) groups excluding carboxylic acids is 1. The van der Waals surface area contributed by atoms with Crippen LogP contribution in [0.3, 0.4) is 0 Å². The monoisotopic (exact) mass is 296 g/mol. The number of rotatable bonds is 4. The van der Waals surface area contributed by atoms with Gasteiger partial charge in [0, 0.05) is 0 Å². The van der Waals surface area contributed by atoms with Gasteiger partial charge in [-0.3, -0.25) is 4.79 Å². The van der Waals surface area contributed by atoms with E-state index in [1.54, 1.807) is 0 Å². The zero-order chi connectivity index (χ0) is 14.9. The third-order valence-electron chi connectivity index (χ3n) is 2.90. The molecule has 0 atom stereocenters.